The van der Waals surface area contributed by atoms with E-state index in [1.165, 1.54) is 17.7 Å². The normalized spacial score (nSPS) is 19.3. The van der Waals surface area contributed by atoms with Crippen LogP contribution in [0.15, 0.2) is 97.3 Å². The molecule has 246 valence electrons. The van der Waals surface area contributed by atoms with Gasteiger partial charge in [-0.3, -0.25) is 4.57 Å². The van der Waals surface area contributed by atoms with Crippen molar-refractivity contribution in [3.05, 3.63) is 124 Å². The Kier molecular flexibility index (Phi) is 9.36. The van der Waals surface area contributed by atoms with Gasteiger partial charge in [0.15, 0.2) is 23.2 Å². The minimum atomic E-state index is -1.29. The Morgan fingerprint density at radius 3 is 2.19 bits per heavy atom. The molecule has 4 N–H and O–H groups in total. The molecule has 0 amide bonds. The van der Waals surface area contributed by atoms with Crippen LogP contribution in [-0.4, -0.2) is 77.1 Å². The first-order chi connectivity index (χ1) is 23.5. The highest BCUT2D eigenvalue weighted by Gasteiger charge is 2.46. The van der Waals surface area contributed by atoms with Gasteiger partial charge in [-0.2, -0.15) is 9.97 Å². The van der Waals surface area contributed by atoms with Crippen LogP contribution in [0, 0.1) is 6.92 Å². The van der Waals surface area contributed by atoms with E-state index in [2.05, 4.69) is 44.8 Å². The summed E-state index contributed by atoms with van der Waals surface area (Å²) >= 11 is 1.30. The number of imidazole rings is 1. The molecule has 48 heavy (non-hydrogen) atoms. The van der Waals surface area contributed by atoms with Crippen molar-refractivity contribution in [2.24, 2.45) is 0 Å². The van der Waals surface area contributed by atoms with Crippen LogP contribution < -0.4 is 10.2 Å². The van der Waals surface area contributed by atoms with Crippen LogP contribution in [0.4, 0.5) is 11.8 Å². The molecule has 7 rings (SSSR count). The highest BCUT2D eigenvalue weighted by Crippen LogP contribution is 2.41. The first-order valence-corrected chi connectivity index (χ1v) is 16.6. The van der Waals surface area contributed by atoms with Crippen LogP contribution in [0.1, 0.15) is 45.0 Å². The van der Waals surface area contributed by atoms with E-state index >= 15 is 0 Å². The van der Waals surface area contributed by atoms with Gasteiger partial charge in [0.2, 0.25) is 5.95 Å². The number of nitrogens with zero attached hydrogens (tertiary/aromatic N) is 7. The highest BCUT2D eigenvalue weighted by molar-refractivity contribution is 7.11. The van der Waals surface area contributed by atoms with Gasteiger partial charge in [0.05, 0.1) is 6.33 Å². The number of benzene rings is 3. The maximum atomic E-state index is 11.2. The molecule has 1 aliphatic heterocycles. The van der Waals surface area contributed by atoms with Gasteiger partial charge in [-0.1, -0.05) is 102 Å². The molecule has 0 unspecified atom stereocenters. The second-order valence-electron chi connectivity index (χ2n) is 11.7. The first kappa shape index (κ1) is 31.8. The Balaban J connectivity index is 1.26. The number of hydrogen-bond acceptors (Lipinski definition) is 12. The zero-order chi connectivity index (χ0) is 33.0. The third-order valence-electron chi connectivity index (χ3n) is 8.55. The number of aromatic nitrogens is 6. The van der Waals surface area contributed by atoms with Crippen molar-refractivity contribution in [3.63, 3.8) is 0 Å². The number of fused-ring (bicyclic) bond motifs is 1. The van der Waals surface area contributed by atoms with Crippen molar-refractivity contribution in [1.82, 2.24) is 29.7 Å². The molecule has 0 aliphatic carbocycles. The fourth-order valence-electron chi connectivity index (χ4n) is 6.02. The maximum absolute atomic E-state index is 11.2. The molecule has 4 atom stereocenters. The zero-order valence-corrected chi connectivity index (χ0v) is 27.1. The number of anilines is 2. The maximum Gasteiger partial charge on any atom is 0.231 e. The Hall–Kier alpha value is -4.79. The van der Waals surface area contributed by atoms with Crippen molar-refractivity contribution >= 4 is 34.3 Å². The standard InChI is InChI=1S/C35H36N8O4S/c1-22-40-41-33(48-22)30-28(45)29(46)34(47-30)43-20-37-27-31(36-19-26(24-13-7-3-8-14-24)25-15-9-4-10-16-25)38-35(39-32(27)43)42(21-44)18-17-23-11-5-2-6-12-23/h2-16,20,26,28-30,34,44-46H,17-19,21H2,1H3,(H,36,38,39)/t28-,29+,30-,34+/m0/s1. The second kappa shape index (κ2) is 14.1. The lowest BCUT2D eigenvalue weighted by atomic mass is 9.91. The van der Waals surface area contributed by atoms with Crippen molar-refractivity contribution in [3.8, 4) is 0 Å². The number of nitrogens with one attached hydrogen (secondary N) is 1. The summed E-state index contributed by atoms with van der Waals surface area (Å²) in [5.74, 6) is 0.750. The Bertz CT molecular complexity index is 1900. The summed E-state index contributed by atoms with van der Waals surface area (Å²) in [5.41, 5.74) is 4.23. The summed E-state index contributed by atoms with van der Waals surface area (Å²) in [7, 11) is 0. The monoisotopic (exact) mass is 664 g/mol. The van der Waals surface area contributed by atoms with E-state index in [0.717, 1.165) is 21.7 Å². The zero-order valence-electron chi connectivity index (χ0n) is 26.2. The molecule has 3 aromatic heterocycles. The summed E-state index contributed by atoms with van der Waals surface area (Å²) in [5, 5.41) is 45.6. The molecule has 1 saturated heterocycles. The van der Waals surface area contributed by atoms with E-state index in [4.69, 9.17) is 14.7 Å². The predicted molar refractivity (Wildman–Crippen MR) is 183 cm³/mol. The number of aryl methyl sites for hydroxylation is 1. The minimum Gasteiger partial charge on any atom is -0.387 e. The summed E-state index contributed by atoms with van der Waals surface area (Å²) in [6, 6.07) is 30.5. The van der Waals surface area contributed by atoms with E-state index in [-0.39, 0.29) is 18.6 Å². The molecule has 4 heterocycles. The lowest BCUT2D eigenvalue weighted by molar-refractivity contribution is -0.0360. The molecule has 13 heteroatoms. The smallest absolute Gasteiger partial charge is 0.231 e. The molecule has 6 aromatic rings. The lowest BCUT2D eigenvalue weighted by Crippen LogP contribution is -2.30. The van der Waals surface area contributed by atoms with E-state index in [1.54, 1.807) is 9.47 Å². The van der Waals surface area contributed by atoms with Gasteiger partial charge in [0, 0.05) is 19.0 Å². The quantitative estimate of drug-likeness (QED) is 0.139. The first-order valence-electron chi connectivity index (χ1n) is 15.8. The number of ether oxygens (including phenoxy) is 1. The van der Waals surface area contributed by atoms with Gasteiger partial charge in [0.25, 0.3) is 0 Å². The number of hydrogen-bond donors (Lipinski definition) is 4. The Morgan fingerprint density at radius 2 is 1.56 bits per heavy atom. The molecular weight excluding hydrogens is 629 g/mol. The number of rotatable bonds is 12. The third kappa shape index (κ3) is 6.50. The van der Waals surface area contributed by atoms with Gasteiger partial charge in [-0.25, -0.2) is 4.98 Å². The number of aliphatic hydroxyl groups is 3. The van der Waals surface area contributed by atoms with Gasteiger partial charge < -0.3 is 30.3 Å². The van der Waals surface area contributed by atoms with Crippen molar-refractivity contribution in [1.29, 1.82) is 0 Å². The van der Waals surface area contributed by atoms with Gasteiger partial charge in [-0.05, 0) is 30.0 Å². The molecule has 12 nitrogen and oxygen atoms in total. The molecular formula is C35H36N8O4S. The highest BCUT2D eigenvalue weighted by atomic mass is 32.1. The van der Waals surface area contributed by atoms with E-state index < -0.39 is 24.5 Å². The average molecular weight is 665 g/mol. The largest absolute Gasteiger partial charge is 0.387 e. The van der Waals surface area contributed by atoms with Crippen LogP contribution >= 0.6 is 11.3 Å². The summed E-state index contributed by atoms with van der Waals surface area (Å²) < 4.78 is 7.81. The molecule has 0 saturated carbocycles. The predicted octanol–water partition coefficient (Wildman–Crippen LogP) is 4.22. The Labute approximate surface area is 281 Å². The second-order valence-corrected chi connectivity index (χ2v) is 12.9. The SMILES string of the molecule is Cc1nnc([C@H]2O[C@@H](n3cnc4c(NCC(c5ccccc5)c5ccccc5)nc(N(CO)CCc5ccccc5)nc43)[C@H](O)[C@@H]2O)s1. The summed E-state index contributed by atoms with van der Waals surface area (Å²) in [6.45, 7) is 2.45. The summed E-state index contributed by atoms with van der Waals surface area (Å²) in [6.07, 6.45) is -2.22. The van der Waals surface area contributed by atoms with Crippen molar-refractivity contribution in [2.75, 3.05) is 30.0 Å². The average Bonchev–Trinajstić information content (AvgIpc) is 3.83. The van der Waals surface area contributed by atoms with Gasteiger partial charge in [0.1, 0.15) is 35.1 Å². The minimum absolute atomic E-state index is 0.00114. The van der Waals surface area contributed by atoms with Crippen LogP contribution in [-0.2, 0) is 11.2 Å². The van der Waals surface area contributed by atoms with Gasteiger partial charge >= 0.3 is 0 Å². The fourth-order valence-corrected chi connectivity index (χ4v) is 6.79. The lowest BCUT2D eigenvalue weighted by Gasteiger charge is -2.23. The fraction of sp³-hybridized carbons (Fsp3) is 0.286. The van der Waals surface area contributed by atoms with E-state index in [1.807, 2.05) is 73.7 Å². The van der Waals surface area contributed by atoms with E-state index in [0.29, 0.717) is 41.5 Å². The topological polar surface area (TPSA) is 155 Å². The summed E-state index contributed by atoms with van der Waals surface area (Å²) in [4.78, 5) is 16.1. The van der Waals surface area contributed by atoms with Crippen molar-refractivity contribution in [2.45, 2.75) is 43.8 Å². The van der Waals surface area contributed by atoms with Crippen LogP contribution in [0.2, 0.25) is 0 Å². The Morgan fingerprint density at radius 1 is 0.896 bits per heavy atom. The number of aliphatic hydroxyl groups excluding tert-OH is 3. The molecule has 1 aliphatic rings. The molecule has 3 aromatic carbocycles. The van der Waals surface area contributed by atoms with E-state index in [9.17, 15) is 15.3 Å². The molecule has 0 radical (unpaired) electrons. The van der Waals surface area contributed by atoms with Crippen molar-refractivity contribution < 1.29 is 20.1 Å². The molecule has 1 fully saturated rings. The van der Waals surface area contributed by atoms with Crippen LogP contribution in [0.5, 0.6) is 0 Å². The van der Waals surface area contributed by atoms with Crippen LogP contribution in [0.3, 0.4) is 0 Å². The molecule has 0 bridgehead atoms. The van der Waals surface area contributed by atoms with Crippen LogP contribution in [0.25, 0.3) is 11.2 Å². The molecule has 0 spiro atoms. The third-order valence-corrected chi connectivity index (χ3v) is 9.45. The van der Waals surface area contributed by atoms with Gasteiger partial charge in [-0.15, -0.1) is 10.2 Å².